The van der Waals surface area contributed by atoms with Crippen molar-refractivity contribution in [1.82, 2.24) is 14.7 Å². The van der Waals surface area contributed by atoms with Gasteiger partial charge in [0.25, 0.3) is 5.91 Å². The summed E-state index contributed by atoms with van der Waals surface area (Å²) in [6.07, 6.45) is 1.13. The topological polar surface area (TPSA) is 94.4 Å². The summed E-state index contributed by atoms with van der Waals surface area (Å²) in [5, 5.41) is 5.16. The van der Waals surface area contributed by atoms with Crippen LogP contribution in [-0.2, 0) is 4.79 Å². The number of piperidine rings is 1. The van der Waals surface area contributed by atoms with Crippen molar-refractivity contribution in [2.24, 2.45) is 11.7 Å². The lowest BCUT2D eigenvalue weighted by atomic mass is 9.96. The highest BCUT2D eigenvalue weighted by molar-refractivity contribution is 6.30. The molecule has 4 rings (SSSR count). The third-order valence-corrected chi connectivity index (χ3v) is 5.39. The molecular formula is C21H21ClN4O3. The summed E-state index contributed by atoms with van der Waals surface area (Å²) in [5.74, 6) is 0.702. The number of primary amides is 1. The van der Waals surface area contributed by atoms with Crippen LogP contribution in [0.2, 0.25) is 5.02 Å². The van der Waals surface area contributed by atoms with Crippen LogP contribution < -0.4 is 5.73 Å². The number of rotatable bonds is 4. The fourth-order valence-electron chi connectivity index (χ4n) is 3.56. The highest BCUT2D eigenvalue weighted by atomic mass is 35.5. The zero-order valence-corrected chi connectivity index (χ0v) is 16.7. The predicted molar refractivity (Wildman–Crippen MR) is 109 cm³/mol. The van der Waals surface area contributed by atoms with Gasteiger partial charge >= 0.3 is 0 Å². The first-order valence-electron chi connectivity index (χ1n) is 9.44. The zero-order chi connectivity index (χ0) is 20.5. The van der Waals surface area contributed by atoms with Crippen molar-refractivity contribution >= 4 is 23.4 Å². The van der Waals surface area contributed by atoms with Gasteiger partial charge in [0.15, 0.2) is 5.76 Å². The summed E-state index contributed by atoms with van der Waals surface area (Å²) in [6, 6.07) is 12.6. The second kappa shape index (κ2) is 7.75. The molecule has 0 bridgehead atoms. The maximum absolute atomic E-state index is 13.3. The first kappa shape index (κ1) is 19.3. The normalized spacial score (nSPS) is 14.9. The van der Waals surface area contributed by atoms with E-state index in [0.29, 0.717) is 53.8 Å². The van der Waals surface area contributed by atoms with Gasteiger partial charge in [-0.2, -0.15) is 5.10 Å². The number of halogens is 1. The van der Waals surface area contributed by atoms with Crippen LogP contribution in [0.1, 0.15) is 29.1 Å². The maximum Gasteiger partial charge on any atom is 0.272 e. The molecule has 2 amide bonds. The predicted octanol–water partition coefficient (Wildman–Crippen LogP) is 3.43. The van der Waals surface area contributed by atoms with Crippen LogP contribution in [0.5, 0.6) is 0 Å². The van der Waals surface area contributed by atoms with E-state index in [1.165, 1.54) is 0 Å². The van der Waals surface area contributed by atoms with Crippen LogP contribution in [0.25, 0.3) is 17.1 Å². The number of hydrogen-bond acceptors (Lipinski definition) is 4. The Morgan fingerprint density at radius 2 is 1.93 bits per heavy atom. The molecule has 3 aromatic rings. The minimum Gasteiger partial charge on any atom is -0.460 e. The SMILES string of the molecule is Cc1ccc(-c2cc(C(=O)N3CCC(C(N)=O)CC3)n(-c3cccc(Cl)c3)n2)o1. The third kappa shape index (κ3) is 3.91. The second-order valence-corrected chi connectivity index (χ2v) is 7.62. The summed E-state index contributed by atoms with van der Waals surface area (Å²) < 4.78 is 7.27. The van der Waals surface area contributed by atoms with Gasteiger partial charge in [0.05, 0.1) is 5.69 Å². The summed E-state index contributed by atoms with van der Waals surface area (Å²) >= 11 is 6.15. The number of likely N-dealkylation sites (tertiary alicyclic amines) is 1. The van der Waals surface area contributed by atoms with Gasteiger partial charge in [0.1, 0.15) is 17.1 Å². The van der Waals surface area contributed by atoms with Crippen molar-refractivity contribution in [3.63, 3.8) is 0 Å². The summed E-state index contributed by atoms with van der Waals surface area (Å²) in [5.41, 5.74) is 7.06. The number of hydrogen-bond donors (Lipinski definition) is 1. The molecule has 8 heteroatoms. The molecule has 0 saturated carbocycles. The molecule has 0 aliphatic carbocycles. The Hall–Kier alpha value is -3.06. The molecule has 0 radical (unpaired) electrons. The average Bonchev–Trinajstić information content (AvgIpc) is 3.34. The number of benzene rings is 1. The lowest BCUT2D eigenvalue weighted by Crippen LogP contribution is -2.42. The van der Waals surface area contributed by atoms with Gasteiger partial charge in [-0.05, 0) is 50.1 Å². The molecule has 0 unspecified atom stereocenters. The van der Waals surface area contributed by atoms with Crippen LogP contribution in [0.3, 0.4) is 0 Å². The molecule has 150 valence electrons. The van der Waals surface area contributed by atoms with E-state index in [9.17, 15) is 9.59 Å². The zero-order valence-electron chi connectivity index (χ0n) is 16.0. The molecule has 2 aromatic heterocycles. The van der Waals surface area contributed by atoms with Gasteiger partial charge in [-0.15, -0.1) is 0 Å². The lowest BCUT2D eigenvalue weighted by Gasteiger charge is -2.30. The van der Waals surface area contributed by atoms with Crippen molar-refractivity contribution in [3.8, 4) is 17.1 Å². The quantitative estimate of drug-likeness (QED) is 0.710. The number of amides is 2. The molecule has 7 nitrogen and oxygen atoms in total. The third-order valence-electron chi connectivity index (χ3n) is 5.16. The number of carbonyl (C=O) groups is 2. The summed E-state index contributed by atoms with van der Waals surface area (Å²) in [6.45, 7) is 2.80. The van der Waals surface area contributed by atoms with Gasteiger partial charge in [-0.1, -0.05) is 17.7 Å². The fraction of sp³-hybridized carbons (Fsp3) is 0.286. The molecule has 2 N–H and O–H groups in total. The average molecular weight is 413 g/mol. The van der Waals surface area contributed by atoms with Gasteiger partial charge in [0, 0.05) is 30.1 Å². The minimum atomic E-state index is -0.309. The molecule has 1 saturated heterocycles. The van der Waals surface area contributed by atoms with E-state index >= 15 is 0 Å². The van der Waals surface area contributed by atoms with Crippen LogP contribution in [0.4, 0.5) is 0 Å². The number of nitrogens with two attached hydrogens (primary N) is 1. The van der Waals surface area contributed by atoms with E-state index < -0.39 is 0 Å². The van der Waals surface area contributed by atoms with Gasteiger partial charge in [0.2, 0.25) is 5.91 Å². The van der Waals surface area contributed by atoms with E-state index in [1.54, 1.807) is 27.8 Å². The first-order valence-corrected chi connectivity index (χ1v) is 9.81. The molecule has 29 heavy (non-hydrogen) atoms. The van der Waals surface area contributed by atoms with Crippen molar-refractivity contribution in [3.05, 3.63) is 58.9 Å². The van der Waals surface area contributed by atoms with E-state index in [1.807, 2.05) is 31.2 Å². The van der Waals surface area contributed by atoms with Crippen molar-refractivity contribution in [2.45, 2.75) is 19.8 Å². The Kier molecular flexibility index (Phi) is 5.15. The van der Waals surface area contributed by atoms with Crippen molar-refractivity contribution in [2.75, 3.05) is 13.1 Å². The van der Waals surface area contributed by atoms with E-state index in [4.69, 9.17) is 21.8 Å². The van der Waals surface area contributed by atoms with Crippen LogP contribution in [0, 0.1) is 12.8 Å². The fourth-order valence-corrected chi connectivity index (χ4v) is 3.74. The molecule has 0 atom stereocenters. The van der Waals surface area contributed by atoms with E-state index in [2.05, 4.69) is 5.10 Å². The Morgan fingerprint density at radius 1 is 1.17 bits per heavy atom. The smallest absolute Gasteiger partial charge is 0.272 e. The van der Waals surface area contributed by atoms with E-state index in [0.717, 1.165) is 5.76 Å². The van der Waals surface area contributed by atoms with Crippen LogP contribution in [0.15, 0.2) is 46.9 Å². The summed E-state index contributed by atoms with van der Waals surface area (Å²) in [7, 11) is 0. The molecule has 1 aromatic carbocycles. The Balaban J connectivity index is 1.70. The number of nitrogens with zero attached hydrogens (tertiary/aromatic N) is 3. The Bertz CT molecular complexity index is 1060. The number of furan rings is 1. The molecule has 1 fully saturated rings. The molecule has 1 aliphatic heterocycles. The van der Waals surface area contributed by atoms with Gasteiger partial charge in [-0.3, -0.25) is 9.59 Å². The Morgan fingerprint density at radius 3 is 2.55 bits per heavy atom. The summed E-state index contributed by atoms with van der Waals surface area (Å²) in [4.78, 5) is 26.4. The molecule has 3 heterocycles. The lowest BCUT2D eigenvalue weighted by molar-refractivity contribution is -0.123. The van der Waals surface area contributed by atoms with Crippen molar-refractivity contribution < 1.29 is 14.0 Å². The molecule has 1 aliphatic rings. The number of aromatic nitrogens is 2. The maximum atomic E-state index is 13.3. The Labute approximate surface area is 173 Å². The number of carbonyl (C=O) groups excluding carboxylic acids is 2. The van der Waals surface area contributed by atoms with E-state index in [-0.39, 0.29) is 17.7 Å². The molecule has 0 spiro atoms. The monoisotopic (exact) mass is 412 g/mol. The van der Waals surface area contributed by atoms with Gasteiger partial charge < -0.3 is 15.1 Å². The minimum absolute atomic E-state index is 0.157. The van der Waals surface area contributed by atoms with Crippen molar-refractivity contribution in [1.29, 1.82) is 0 Å². The largest absolute Gasteiger partial charge is 0.460 e. The van der Waals surface area contributed by atoms with Crippen LogP contribution in [-0.4, -0.2) is 39.6 Å². The standard InChI is InChI=1S/C21H21ClN4O3/c1-13-5-6-19(29-13)17-12-18(26(24-17)16-4-2-3-15(22)11-16)21(28)25-9-7-14(8-10-25)20(23)27/h2-6,11-12,14H,7-10H2,1H3,(H2,23,27). The van der Waals surface area contributed by atoms with Gasteiger partial charge in [-0.25, -0.2) is 4.68 Å². The highest BCUT2D eigenvalue weighted by Gasteiger charge is 2.29. The van der Waals surface area contributed by atoms with Crippen LogP contribution >= 0.6 is 11.6 Å². The first-order chi connectivity index (χ1) is 13.9. The highest BCUT2D eigenvalue weighted by Crippen LogP contribution is 2.27. The second-order valence-electron chi connectivity index (χ2n) is 7.19. The number of aryl methyl sites for hydroxylation is 1. The molecular weight excluding hydrogens is 392 g/mol.